The van der Waals surface area contributed by atoms with Gasteiger partial charge in [-0.3, -0.25) is 19.2 Å². The summed E-state index contributed by atoms with van der Waals surface area (Å²) >= 11 is 0. The number of hydrogen-bond donors (Lipinski definition) is 2. The first-order chi connectivity index (χ1) is 23.6. The Morgan fingerprint density at radius 1 is 1.04 bits per heavy atom. The van der Waals surface area contributed by atoms with Crippen LogP contribution < -0.4 is 15.0 Å². The number of rotatable bonds is 7. The molecule has 0 aromatic heterocycles. The van der Waals surface area contributed by atoms with Gasteiger partial charge in [0.1, 0.15) is 29.4 Å². The van der Waals surface area contributed by atoms with Gasteiger partial charge >= 0.3 is 5.97 Å². The molecule has 6 rings (SSSR count). The maximum absolute atomic E-state index is 15.1. The summed E-state index contributed by atoms with van der Waals surface area (Å²) in [5, 5.41) is 13.7. The Labute approximate surface area is 286 Å². The Bertz CT molecular complexity index is 1610. The summed E-state index contributed by atoms with van der Waals surface area (Å²) in [6, 6.07) is 13.7. The average molecular weight is 672 g/mol. The lowest BCUT2D eigenvalue weighted by Gasteiger charge is -2.40. The zero-order valence-corrected chi connectivity index (χ0v) is 28.4. The molecule has 49 heavy (non-hydrogen) atoms. The molecule has 4 aliphatic rings. The third kappa shape index (κ3) is 6.14. The number of fused-ring (bicyclic) bond motifs is 2. The van der Waals surface area contributed by atoms with E-state index >= 15 is 4.79 Å². The second kappa shape index (κ2) is 14.2. The molecular weight excluding hydrogens is 626 g/mol. The van der Waals surface area contributed by atoms with Gasteiger partial charge in [-0.1, -0.05) is 74.9 Å². The number of nitrogens with one attached hydrogen (secondary N) is 1. The van der Waals surface area contributed by atoms with E-state index in [0.29, 0.717) is 29.8 Å². The average Bonchev–Trinajstić information content (AvgIpc) is 3.76. The number of cyclic esters (lactones) is 1. The number of allylic oxidation sites excluding steroid dienone is 1. The summed E-state index contributed by atoms with van der Waals surface area (Å²) in [5.41, 5.74) is -0.210. The number of ether oxygens (including phenoxy) is 3. The van der Waals surface area contributed by atoms with Crippen molar-refractivity contribution in [2.24, 2.45) is 17.8 Å². The lowest BCUT2D eigenvalue weighted by molar-refractivity contribution is -0.161. The summed E-state index contributed by atoms with van der Waals surface area (Å²) < 4.78 is 18.2. The van der Waals surface area contributed by atoms with Gasteiger partial charge in [-0.15, -0.1) is 0 Å². The highest BCUT2D eigenvalue weighted by Crippen LogP contribution is 2.57. The normalized spacial score (nSPS) is 32.0. The molecule has 11 nitrogen and oxygen atoms in total. The maximum Gasteiger partial charge on any atom is 0.313 e. The molecule has 2 saturated heterocycles. The molecule has 5 bridgehead atoms. The standard InChI is InChI=1S/C38H45N3O8/c1-5-23(2)28(22-42)41-34-36(45)40(26-15-17-27(47-4)18-16-26)21-11-7-10-14-30(43)39-24(3)33(25-12-8-6-9-13-25)48-37(46)31-29-19-20-38(34,49-29)32(31)35(41)44/h6-9,11-13,15-20,23-24,28-29,31-34,42H,5,10,14,21-22H2,1-4H3,(H,39,43)/b11-7-/t23-,24-,28-,29+,31-,32-,33+,34+,38-/m0/s1. The number of benzene rings is 2. The largest absolute Gasteiger partial charge is 0.497 e. The molecule has 0 radical (unpaired) electrons. The minimum atomic E-state index is -1.46. The van der Waals surface area contributed by atoms with E-state index in [-0.39, 0.29) is 31.4 Å². The van der Waals surface area contributed by atoms with Crippen molar-refractivity contribution in [1.82, 2.24) is 10.2 Å². The van der Waals surface area contributed by atoms with Crippen LogP contribution in [-0.4, -0.2) is 83.8 Å². The van der Waals surface area contributed by atoms with Crippen LogP contribution in [0.4, 0.5) is 5.69 Å². The fourth-order valence-corrected chi connectivity index (χ4v) is 7.78. The van der Waals surface area contributed by atoms with Crippen LogP contribution >= 0.6 is 0 Å². The van der Waals surface area contributed by atoms with Crippen molar-refractivity contribution in [2.45, 2.75) is 76.0 Å². The van der Waals surface area contributed by atoms with Gasteiger partial charge < -0.3 is 34.4 Å². The SMILES string of the molecule is CC[C@H](C)[C@H](CO)N1C(=O)[C@@H]2[C@H]3C(=O)O[C@@H](c4ccccc4)[C@H](C)NC(=O)CC/C=C\CN(c4ccc(OC)cc4)C(=O)[C@@H]1[C@]21C=C[C@H]3O1. The molecule has 9 atom stereocenters. The Morgan fingerprint density at radius 2 is 1.78 bits per heavy atom. The molecular formula is C38H45N3O8. The molecule has 11 heteroatoms. The number of amides is 3. The zero-order valence-electron chi connectivity index (χ0n) is 28.4. The summed E-state index contributed by atoms with van der Waals surface area (Å²) in [5.74, 6) is -3.37. The van der Waals surface area contributed by atoms with E-state index in [1.165, 1.54) is 4.90 Å². The van der Waals surface area contributed by atoms with Crippen LogP contribution in [0.1, 0.15) is 51.7 Å². The quantitative estimate of drug-likeness (QED) is 0.336. The number of aliphatic hydroxyl groups is 1. The summed E-state index contributed by atoms with van der Waals surface area (Å²) in [7, 11) is 1.56. The molecule has 260 valence electrons. The van der Waals surface area contributed by atoms with Crippen molar-refractivity contribution < 1.29 is 38.5 Å². The number of esters is 1. The Kier molecular flexibility index (Phi) is 9.94. The fourth-order valence-electron chi connectivity index (χ4n) is 7.78. The van der Waals surface area contributed by atoms with Gasteiger partial charge in [-0.25, -0.2) is 0 Å². The molecule has 4 aliphatic heterocycles. The molecule has 0 unspecified atom stereocenters. The number of hydrogen-bond acceptors (Lipinski definition) is 8. The topological polar surface area (TPSA) is 135 Å². The number of nitrogens with zero attached hydrogens (tertiary/aromatic N) is 2. The molecule has 0 saturated carbocycles. The van der Waals surface area contributed by atoms with E-state index in [0.717, 1.165) is 0 Å². The smallest absolute Gasteiger partial charge is 0.313 e. The van der Waals surface area contributed by atoms with Crippen molar-refractivity contribution in [1.29, 1.82) is 0 Å². The van der Waals surface area contributed by atoms with Crippen molar-refractivity contribution in [3.05, 3.63) is 84.5 Å². The number of likely N-dealkylation sites (tertiary alicyclic amines) is 1. The molecule has 2 N–H and O–H groups in total. The fraction of sp³-hybridized carbons (Fsp3) is 0.474. The molecule has 4 heterocycles. The second-order valence-electron chi connectivity index (χ2n) is 13.4. The van der Waals surface area contributed by atoms with E-state index < -0.39 is 65.6 Å². The predicted octanol–water partition coefficient (Wildman–Crippen LogP) is 3.73. The van der Waals surface area contributed by atoms with Gasteiger partial charge in [0.05, 0.1) is 37.8 Å². The highest BCUT2D eigenvalue weighted by Gasteiger charge is 2.74. The Hall–Kier alpha value is -4.48. The minimum Gasteiger partial charge on any atom is -0.497 e. The molecule has 3 amide bonds. The van der Waals surface area contributed by atoms with Crippen LogP contribution in [0, 0.1) is 17.8 Å². The number of carbonyl (C=O) groups is 4. The highest BCUT2D eigenvalue weighted by molar-refractivity contribution is 6.05. The van der Waals surface area contributed by atoms with Crippen molar-refractivity contribution >= 4 is 29.4 Å². The van der Waals surface area contributed by atoms with Crippen LogP contribution in [0.5, 0.6) is 5.75 Å². The number of anilines is 1. The summed E-state index contributed by atoms with van der Waals surface area (Å²) in [4.78, 5) is 60.2. The van der Waals surface area contributed by atoms with E-state index in [2.05, 4.69) is 5.32 Å². The van der Waals surface area contributed by atoms with E-state index in [1.54, 1.807) is 55.4 Å². The summed E-state index contributed by atoms with van der Waals surface area (Å²) in [6.45, 7) is 5.46. The highest BCUT2D eigenvalue weighted by atomic mass is 16.6. The first-order valence-electron chi connectivity index (χ1n) is 17.1. The van der Waals surface area contributed by atoms with Gasteiger partial charge in [0, 0.05) is 18.7 Å². The van der Waals surface area contributed by atoms with Gasteiger partial charge in [0.2, 0.25) is 11.8 Å². The van der Waals surface area contributed by atoms with E-state index in [4.69, 9.17) is 14.2 Å². The molecule has 2 aromatic rings. The van der Waals surface area contributed by atoms with Crippen LogP contribution in [0.2, 0.25) is 0 Å². The Balaban J connectivity index is 1.48. The second-order valence-corrected chi connectivity index (χ2v) is 13.4. The first kappa shape index (κ1) is 34.4. The zero-order chi connectivity index (χ0) is 34.9. The molecule has 1 spiro atoms. The third-order valence-corrected chi connectivity index (χ3v) is 10.5. The van der Waals surface area contributed by atoms with Gasteiger partial charge in [0.25, 0.3) is 5.91 Å². The lowest BCUT2D eigenvalue weighted by atomic mass is 9.74. The molecule has 2 fully saturated rings. The van der Waals surface area contributed by atoms with Gasteiger partial charge in [-0.2, -0.15) is 0 Å². The third-order valence-electron chi connectivity index (χ3n) is 10.5. The lowest BCUT2D eigenvalue weighted by Crippen LogP contribution is -2.59. The van der Waals surface area contributed by atoms with Crippen molar-refractivity contribution in [3.63, 3.8) is 0 Å². The van der Waals surface area contributed by atoms with Crippen molar-refractivity contribution in [2.75, 3.05) is 25.2 Å². The minimum absolute atomic E-state index is 0.143. The molecule has 2 aromatic carbocycles. The maximum atomic E-state index is 15.1. The molecule has 0 aliphatic carbocycles. The van der Waals surface area contributed by atoms with Crippen LogP contribution in [-0.2, 0) is 28.7 Å². The number of methoxy groups -OCH3 is 1. The predicted molar refractivity (Wildman–Crippen MR) is 181 cm³/mol. The van der Waals surface area contributed by atoms with Gasteiger partial charge in [-0.05, 0) is 49.1 Å². The van der Waals surface area contributed by atoms with Crippen LogP contribution in [0.25, 0.3) is 0 Å². The van der Waals surface area contributed by atoms with Crippen LogP contribution in [0.3, 0.4) is 0 Å². The van der Waals surface area contributed by atoms with Crippen LogP contribution in [0.15, 0.2) is 78.9 Å². The van der Waals surface area contributed by atoms with E-state index in [9.17, 15) is 19.5 Å². The first-order valence-corrected chi connectivity index (χ1v) is 17.1. The number of aliphatic hydroxyl groups excluding tert-OH is 1. The number of carbonyl (C=O) groups excluding carboxylic acids is 4. The van der Waals surface area contributed by atoms with Crippen molar-refractivity contribution in [3.8, 4) is 5.75 Å². The van der Waals surface area contributed by atoms with Gasteiger partial charge in [0.15, 0.2) is 0 Å². The van der Waals surface area contributed by atoms with E-state index in [1.807, 2.05) is 56.3 Å². The monoisotopic (exact) mass is 671 g/mol. The Morgan fingerprint density at radius 3 is 2.45 bits per heavy atom. The summed E-state index contributed by atoms with van der Waals surface area (Å²) in [6.07, 6.45) is 6.78.